The van der Waals surface area contributed by atoms with Crippen molar-refractivity contribution < 1.29 is 24.4 Å². The van der Waals surface area contributed by atoms with Crippen LogP contribution in [0.4, 0.5) is 5.69 Å². The number of carboxylic acid groups (broad SMARTS) is 1. The van der Waals surface area contributed by atoms with Crippen LogP contribution in [0.1, 0.15) is 0 Å². The number of aromatic nitrogens is 1. The topological polar surface area (TPSA) is 84.5 Å². The second kappa shape index (κ2) is 5.11. The third-order valence-electron chi connectivity index (χ3n) is 2.14. The van der Waals surface area contributed by atoms with Gasteiger partial charge in [-0.25, -0.2) is 4.79 Å². The molecule has 0 fully saturated rings. The van der Waals surface area contributed by atoms with Crippen LogP contribution in [0.25, 0.3) is 5.70 Å². The molecule has 1 aromatic rings. The quantitative estimate of drug-likeness (QED) is 0.309. The highest BCUT2D eigenvalue weighted by Gasteiger charge is 2.24. The number of carboxylic acids is 1. The third-order valence-corrected chi connectivity index (χ3v) is 2.14. The first kappa shape index (κ1) is 12.7. The Balaban J connectivity index is 3.07. The number of ketones is 1. The van der Waals surface area contributed by atoms with Gasteiger partial charge in [-0.3, -0.25) is 4.79 Å². The van der Waals surface area contributed by atoms with Crippen molar-refractivity contribution in [3.8, 4) is 0 Å². The van der Waals surface area contributed by atoms with Crippen molar-refractivity contribution in [3.05, 3.63) is 30.8 Å². The molecule has 0 aliphatic rings. The maximum absolute atomic E-state index is 11.2. The minimum Gasteiger partial charge on any atom is -0.873 e. The summed E-state index contributed by atoms with van der Waals surface area (Å²) in [5.74, 6) is -2.89. The van der Waals surface area contributed by atoms with E-state index in [1.165, 1.54) is 17.0 Å². The number of pyridine rings is 1. The van der Waals surface area contributed by atoms with Crippen molar-refractivity contribution in [2.24, 2.45) is 0 Å². The highest BCUT2D eigenvalue weighted by Crippen LogP contribution is 2.07. The number of anilines is 1. The first-order valence-corrected chi connectivity index (χ1v) is 4.76. The smallest absolute Gasteiger partial charge is 0.383 e. The lowest BCUT2D eigenvalue weighted by Crippen LogP contribution is -2.39. The molecule has 0 bridgehead atoms. The minimum absolute atomic E-state index is 0.228. The molecule has 0 unspecified atom stereocenters. The molecular weight excluding hydrogens is 224 g/mol. The van der Waals surface area contributed by atoms with Crippen LogP contribution in [-0.4, -0.2) is 31.0 Å². The summed E-state index contributed by atoms with van der Waals surface area (Å²) in [6.07, 6.45) is 3.14. The Hall–Kier alpha value is -2.37. The Morgan fingerprint density at radius 1 is 1.35 bits per heavy atom. The van der Waals surface area contributed by atoms with Gasteiger partial charge in [0.15, 0.2) is 12.4 Å². The van der Waals surface area contributed by atoms with E-state index in [1.807, 2.05) is 19.0 Å². The number of hydrogen-bond acceptors (Lipinski definition) is 4. The SMILES string of the molecule is CN(C)c1cc[n+](/C(=C\[O-])C(=O)C(=O)O)cc1. The van der Waals surface area contributed by atoms with Gasteiger partial charge in [0.1, 0.15) is 0 Å². The summed E-state index contributed by atoms with van der Waals surface area (Å²) in [6, 6.07) is 3.33. The van der Waals surface area contributed by atoms with Crippen LogP contribution in [0.5, 0.6) is 0 Å². The lowest BCUT2D eigenvalue weighted by molar-refractivity contribution is -0.580. The van der Waals surface area contributed by atoms with E-state index in [9.17, 15) is 14.7 Å². The third kappa shape index (κ3) is 2.81. The van der Waals surface area contributed by atoms with Crippen molar-refractivity contribution in [3.63, 3.8) is 0 Å². The summed E-state index contributed by atoms with van der Waals surface area (Å²) in [6.45, 7) is 0. The largest absolute Gasteiger partial charge is 0.873 e. The predicted octanol–water partition coefficient (Wildman–Crippen LogP) is -1.15. The van der Waals surface area contributed by atoms with E-state index >= 15 is 0 Å². The first-order chi connectivity index (χ1) is 7.97. The number of carbonyl (C=O) groups is 2. The van der Waals surface area contributed by atoms with Gasteiger partial charge in [-0.2, -0.15) is 4.57 Å². The summed E-state index contributed by atoms with van der Waals surface area (Å²) in [4.78, 5) is 23.5. The number of hydrogen-bond donors (Lipinski definition) is 1. The molecule has 17 heavy (non-hydrogen) atoms. The van der Waals surface area contributed by atoms with E-state index < -0.39 is 17.4 Å². The summed E-state index contributed by atoms with van der Waals surface area (Å²) in [5.41, 5.74) is 0.442. The van der Waals surface area contributed by atoms with E-state index in [-0.39, 0.29) is 6.26 Å². The summed E-state index contributed by atoms with van der Waals surface area (Å²) < 4.78 is 1.18. The number of carbonyl (C=O) groups excluding carboxylic acids is 1. The van der Waals surface area contributed by atoms with Crippen LogP contribution in [0, 0.1) is 0 Å². The van der Waals surface area contributed by atoms with Crippen molar-refractivity contribution in [2.75, 3.05) is 19.0 Å². The zero-order chi connectivity index (χ0) is 13.0. The molecule has 0 saturated carbocycles. The Bertz CT molecular complexity index is 463. The molecule has 0 spiro atoms. The second-order valence-electron chi connectivity index (χ2n) is 3.50. The van der Waals surface area contributed by atoms with Gasteiger partial charge >= 0.3 is 11.8 Å². The molecule has 0 saturated heterocycles. The Kier molecular flexibility index (Phi) is 3.82. The molecule has 6 nitrogen and oxygen atoms in total. The molecular formula is C11H12N2O4. The second-order valence-corrected chi connectivity index (χ2v) is 3.50. The summed E-state index contributed by atoms with van der Waals surface area (Å²) in [7, 11) is 3.68. The number of rotatable bonds is 4. The van der Waals surface area contributed by atoms with Crippen molar-refractivity contribution in [2.45, 2.75) is 0 Å². The van der Waals surface area contributed by atoms with E-state index in [0.717, 1.165) is 5.69 Å². The van der Waals surface area contributed by atoms with E-state index in [1.54, 1.807) is 12.1 Å². The number of aliphatic carboxylic acids is 1. The first-order valence-electron chi connectivity index (χ1n) is 4.76. The van der Waals surface area contributed by atoms with Crippen LogP contribution in [0.3, 0.4) is 0 Å². The minimum atomic E-state index is -1.66. The highest BCUT2D eigenvalue weighted by molar-refractivity contribution is 6.47. The molecule has 1 aromatic heterocycles. The Morgan fingerprint density at radius 3 is 2.24 bits per heavy atom. The zero-order valence-corrected chi connectivity index (χ0v) is 9.45. The molecule has 0 amide bonds. The maximum atomic E-state index is 11.2. The van der Waals surface area contributed by atoms with Crippen LogP contribution in [-0.2, 0) is 9.59 Å². The van der Waals surface area contributed by atoms with Gasteiger partial charge in [-0.1, -0.05) is 6.26 Å². The normalized spacial score (nSPS) is 11.1. The zero-order valence-electron chi connectivity index (χ0n) is 9.45. The maximum Gasteiger partial charge on any atom is 0.383 e. The fourth-order valence-electron chi connectivity index (χ4n) is 1.22. The van der Waals surface area contributed by atoms with Crippen molar-refractivity contribution >= 4 is 23.1 Å². The molecule has 0 radical (unpaired) electrons. The van der Waals surface area contributed by atoms with Crippen LogP contribution < -0.4 is 14.6 Å². The van der Waals surface area contributed by atoms with Gasteiger partial charge in [0.2, 0.25) is 0 Å². The molecule has 90 valence electrons. The Morgan fingerprint density at radius 2 is 1.88 bits per heavy atom. The van der Waals surface area contributed by atoms with E-state index in [4.69, 9.17) is 5.11 Å². The molecule has 0 atom stereocenters. The highest BCUT2D eigenvalue weighted by atomic mass is 16.4. The van der Waals surface area contributed by atoms with Crippen molar-refractivity contribution in [1.29, 1.82) is 0 Å². The predicted molar refractivity (Wildman–Crippen MR) is 57.9 cm³/mol. The van der Waals surface area contributed by atoms with Crippen LogP contribution in [0.2, 0.25) is 0 Å². The fraction of sp³-hybridized carbons (Fsp3) is 0.182. The van der Waals surface area contributed by atoms with Gasteiger partial charge in [-0.15, -0.1) is 0 Å². The molecule has 1 rings (SSSR count). The van der Waals surface area contributed by atoms with Crippen LogP contribution >= 0.6 is 0 Å². The lowest BCUT2D eigenvalue weighted by Gasteiger charge is -2.10. The van der Waals surface area contributed by atoms with Gasteiger partial charge in [0.25, 0.3) is 5.70 Å². The molecule has 6 heteroatoms. The summed E-state index contributed by atoms with van der Waals surface area (Å²) >= 11 is 0. The van der Waals surface area contributed by atoms with E-state index in [0.29, 0.717) is 0 Å². The number of nitrogens with zero attached hydrogens (tertiary/aromatic N) is 2. The van der Waals surface area contributed by atoms with Crippen molar-refractivity contribution in [1.82, 2.24) is 0 Å². The summed E-state index contributed by atoms with van der Waals surface area (Å²) in [5, 5.41) is 19.3. The molecule has 1 heterocycles. The monoisotopic (exact) mass is 236 g/mol. The molecule has 0 aliphatic carbocycles. The molecule has 0 aromatic carbocycles. The molecule has 1 N–H and O–H groups in total. The van der Waals surface area contributed by atoms with Gasteiger partial charge in [0.05, 0.1) is 0 Å². The van der Waals surface area contributed by atoms with Gasteiger partial charge < -0.3 is 15.1 Å². The molecule has 0 aliphatic heterocycles. The van der Waals surface area contributed by atoms with Gasteiger partial charge in [-0.05, 0) is 0 Å². The standard InChI is InChI=1S/C11H12N2O4/c1-12(2)8-3-5-13(6-4-8)9(7-14)10(15)11(16)17/h3-7H,1-2H3,(H-,14,15,16,17). The van der Waals surface area contributed by atoms with Gasteiger partial charge in [0, 0.05) is 31.9 Å². The average molecular weight is 236 g/mol. The van der Waals surface area contributed by atoms with Crippen LogP contribution in [0.15, 0.2) is 30.8 Å². The Labute approximate surface area is 98.0 Å². The lowest BCUT2D eigenvalue weighted by atomic mass is 10.3. The average Bonchev–Trinajstić information content (AvgIpc) is 2.30. The van der Waals surface area contributed by atoms with E-state index in [2.05, 4.69) is 0 Å². The number of Topliss-reactive ketones (excluding diaryl/α,β-unsaturated/α-hetero) is 1. The fourth-order valence-corrected chi connectivity index (χ4v) is 1.22.